The van der Waals surface area contributed by atoms with E-state index >= 15 is 0 Å². The third-order valence-electron chi connectivity index (χ3n) is 3.92. The van der Waals surface area contributed by atoms with Gasteiger partial charge >= 0.3 is 5.97 Å². The molecule has 2 heterocycles. The van der Waals surface area contributed by atoms with Crippen LogP contribution in [-0.2, 0) is 4.79 Å². The van der Waals surface area contributed by atoms with Crippen LogP contribution in [0.15, 0.2) is 36.5 Å². The highest BCUT2D eigenvalue weighted by Crippen LogP contribution is 2.25. The number of ether oxygens (including phenoxy) is 1. The maximum atomic E-state index is 12.7. The van der Waals surface area contributed by atoms with E-state index in [1.54, 1.807) is 10.9 Å². The molecule has 1 aromatic heterocycles. The summed E-state index contributed by atoms with van der Waals surface area (Å²) in [5.74, 6) is -1.08. The predicted molar refractivity (Wildman–Crippen MR) is 81.8 cm³/mol. The third-order valence-corrected chi connectivity index (χ3v) is 3.92. The molecule has 1 N–H and O–H groups in total. The summed E-state index contributed by atoms with van der Waals surface area (Å²) in [7, 11) is 1.46. The minimum atomic E-state index is -0.989. The summed E-state index contributed by atoms with van der Waals surface area (Å²) in [5.41, 5.74) is 0.922. The third kappa shape index (κ3) is 2.77. The molecule has 1 fully saturated rings. The van der Waals surface area contributed by atoms with Crippen molar-refractivity contribution in [3.8, 4) is 11.4 Å². The fourth-order valence-corrected chi connectivity index (χ4v) is 2.77. The van der Waals surface area contributed by atoms with Gasteiger partial charge in [-0.15, -0.1) is 0 Å². The molecule has 0 aliphatic carbocycles. The maximum Gasteiger partial charge on any atom is 0.326 e. The Morgan fingerprint density at radius 2 is 2.04 bits per heavy atom. The fraction of sp³-hybridized carbons (Fsp3) is 0.312. The number of benzene rings is 1. The number of likely N-dealkylation sites (tertiary alicyclic amines) is 1. The summed E-state index contributed by atoms with van der Waals surface area (Å²) in [6, 6.07) is 8.54. The summed E-state index contributed by atoms with van der Waals surface area (Å²) in [5, 5.41) is 13.5. The SMILES string of the molecule is COc1cn(-c2ccccc2)nc1C(=O)N1CCC[C@@H]1C(=O)O. The lowest BCUT2D eigenvalue weighted by atomic mass is 10.2. The molecule has 0 spiro atoms. The quantitative estimate of drug-likeness (QED) is 0.926. The monoisotopic (exact) mass is 315 g/mol. The van der Waals surface area contributed by atoms with E-state index < -0.39 is 17.9 Å². The molecule has 0 radical (unpaired) electrons. The van der Waals surface area contributed by atoms with Crippen LogP contribution in [0.3, 0.4) is 0 Å². The number of hydrogen-bond donors (Lipinski definition) is 1. The zero-order valence-electron chi connectivity index (χ0n) is 12.7. The normalized spacial score (nSPS) is 17.3. The number of para-hydroxylation sites is 1. The number of hydrogen-bond acceptors (Lipinski definition) is 4. The van der Waals surface area contributed by atoms with Gasteiger partial charge in [-0.25, -0.2) is 9.48 Å². The van der Waals surface area contributed by atoms with Crippen LogP contribution in [0.1, 0.15) is 23.3 Å². The average Bonchev–Trinajstić information content (AvgIpc) is 3.22. The number of carbonyl (C=O) groups is 2. The lowest BCUT2D eigenvalue weighted by Gasteiger charge is -2.20. The van der Waals surface area contributed by atoms with Crippen LogP contribution in [0.5, 0.6) is 5.75 Å². The van der Waals surface area contributed by atoms with Gasteiger partial charge in [0.2, 0.25) is 0 Å². The topological polar surface area (TPSA) is 84.7 Å². The van der Waals surface area contributed by atoms with Crippen molar-refractivity contribution in [2.75, 3.05) is 13.7 Å². The van der Waals surface area contributed by atoms with Gasteiger partial charge in [0.25, 0.3) is 5.91 Å². The highest BCUT2D eigenvalue weighted by Gasteiger charge is 2.36. The number of amides is 1. The van der Waals surface area contributed by atoms with Crippen LogP contribution in [0.2, 0.25) is 0 Å². The van der Waals surface area contributed by atoms with Crippen molar-refractivity contribution in [3.63, 3.8) is 0 Å². The summed E-state index contributed by atoms with van der Waals surface area (Å²) in [6.07, 6.45) is 2.75. The predicted octanol–water partition coefficient (Wildman–Crippen LogP) is 1.57. The Morgan fingerprint density at radius 1 is 1.30 bits per heavy atom. The van der Waals surface area contributed by atoms with E-state index in [-0.39, 0.29) is 5.69 Å². The standard InChI is InChI=1S/C16H17N3O4/c1-23-13-10-19(11-6-3-2-4-7-11)17-14(13)15(20)18-9-5-8-12(18)16(21)22/h2-4,6-7,10,12H,5,8-9H2,1H3,(H,21,22)/t12-/m1/s1. The second-order valence-corrected chi connectivity index (χ2v) is 5.32. The van der Waals surface area contributed by atoms with Crippen LogP contribution in [0.4, 0.5) is 0 Å². The smallest absolute Gasteiger partial charge is 0.326 e. The minimum absolute atomic E-state index is 0.129. The first-order valence-electron chi connectivity index (χ1n) is 7.34. The Bertz CT molecular complexity index is 726. The van der Waals surface area contributed by atoms with Gasteiger partial charge in [0.1, 0.15) is 6.04 Å². The summed E-state index contributed by atoms with van der Waals surface area (Å²) >= 11 is 0. The molecule has 1 saturated heterocycles. The number of nitrogens with zero attached hydrogens (tertiary/aromatic N) is 3. The molecule has 0 bridgehead atoms. The number of aromatic nitrogens is 2. The largest absolute Gasteiger partial charge is 0.493 e. The van der Waals surface area contributed by atoms with Gasteiger partial charge in [-0.1, -0.05) is 18.2 Å². The highest BCUT2D eigenvalue weighted by atomic mass is 16.5. The Kier molecular flexibility index (Phi) is 4.01. The first-order valence-corrected chi connectivity index (χ1v) is 7.34. The first kappa shape index (κ1) is 15.1. The molecule has 0 unspecified atom stereocenters. The lowest BCUT2D eigenvalue weighted by Crippen LogP contribution is -2.40. The van der Waals surface area contributed by atoms with Gasteiger partial charge in [-0.3, -0.25) is 4.79 Å². The van der Waals surface area contributed by atoms with Gasteiger partial charge in [0.05, 0.1) is 19.0 Å². The summed E-state index contributed by atoms with van der Waals surface area (Å²) in [4.78, 5) is 25.3. The zero-order valence-corrected chi connectivity index (χ0v) is 12.7. The van der Waals surface area contributed by atoms with E-state index in [9.17, 15) is 14.7 Å². The van der Waals surface area contributed by atoms with Crippen molar-refractivity contribution in [2.45, 2.75) is 18.9 Å². The molecule has 3 rings (SSSR count). The van der Waals surface area contributed by atoms with E-state index in [1.807, 2.05) is 30.3 Å². The number of methoxy groups -OCH3 is 1. The van der Waals surface area contributed by atoms with E-state index in [0.29, 0.717) is 25.1 Å². The molecule has 23 heavy (non-hydrogen) atoms. The van der Waals surface area contributed by atoms with Gasteiger partial charge in [0, 0.05) is 6.54 Å². The second-order valence-electron chi connectivity index (χ2n) is 5.32. The second kappa shape index (κ2) is 6.12. The molecule has 7 heteroatoms. The number of carboxylic acid groups (broad SMARTS) is 1. The summed E-state index contributed by atoms with van der Waals surface area (Å²) < 4.78 is 6.80. The van der Waals surface area contributed by atoms with Crippen molar-refractivity contribution < 1.29 is 19.4 Å². The first-order chi connectivity index (χ1) is 11.1. The minimum Gasteiger partial charge on any atom is -0.493 e. The molecule has 0 saturated carbocycles. The van der Waals surface area contributed by atoms with Crippen LogP contribution >= 0.6 is 0 Å². The molecule has 1 amide bonds. The van der Waals surface area contributed by atoms with Gasteiger partial charge in [0.15, 0.2) is 11.4 Å². The molecular weight excluding hydrogens is 298 g/mol. The van der Waals surface area contributed by atoms with Gasteiger partial charge < -0.3 is 14.7 Å². The van der Waals surface area contributed by atoms with Crippen LogP contribution in [0.25, 0.3) is 5.69 Å². The highest BCUT2D eigenvalue weighted by molar-refractivity contribution is 5.97. The fourth-order valence-electron chi connectivity index (χ4n) is 2.77. The Labute approximate surface area is 133 Å². The Hall–Kier alpha value is -2.83. The number of rotatable bonds is 4. The molecular formula is C16H17N3O4. The molecule has 1 aromatic carbocycles. The van der Waals surface area contributed by atoms with Crippen molar-refractivity contribution >= 4 is 11.9 Å². The number of carbonyl (C=O) groups excluding carboxylic acids is 1. The molecule has 2 aromatic rings. The Balaban J connectivity index is 1.94. The average molecular weight is 315 g/mol. The Morgan fingerprint density at radius 3 is 2.70 bits per heavy atom. The van der Waals surface area contributed by atoms with Crippen LogP contribution < -0.4 is 4.74 Å². The maximum absolute atomic E-state index is 12.7. The van der Waals surface area contributed by atoms with Crippen molar-refractivity contribution in [1.82, 2.24) is 14.7 Å². The molecule has 1 atom stereocenters. The molecule has 1 aliphatic rings. The van der Waals surface area contributed by atoms with Gasteiger partial charge in [-0.05, 0) is 25.0 Å². The molecule has 120 valence electrons. The van der Waals surface area contributed by atoms with Crippen LogP contribution in [0, 0.1) is 0 Å². The van der Waals surface area contributed by atoms with Crippen LogP contribution in [-0.4, -0.2) is 51.4 Å². The van der Waals surface area contributed by atoms with Gasteiger partial charge in [-0.2, -0.15) is 5.10 Å². The lowest BCUT2D eigenvalue weighted by molar-refractivity contribution is -0.141. The van der Waals surface area contributed by atoms with Crippen molar-refractivity contribution in [3.05, 3.63) is 42.2 Å². The zero-order chi connectivity index (χ0) is 16.4. The van der Waals surface area contributed by atoms with Crippen molar-refractivity contribution in [1.29, 1.82) is 0 Å². The van der Waals surface area contributed by atoms with E-state index in [4.69, 9.17) is 4.74 Å². The van der Waals surface area contributed by atoms with E-state index in [1.165, 1.54) is 12.0 Å². The van der Waals surface area contributed by atoms with E-state index in [2.05, 4.69) is 5.10 Å². The van der Waals surface area contributed by atoms with E-state index in [0.717, 1.165) is 5.69 Å². The molecule has 7 nitrogen and oxygen atoms in total. The van der Waals surface area contributed by atoms with Crippen molar-refractivity contribution in [2.24, 2.45) is 0 Å². The molecule has 1 aliphatic heterocycles. The number of carboxylic acids is 1. The summed E-state index contributed by atoms with van der Waals surface area (Å²) in [6.45, 7) is 0.414. The number of aliphatic carboxylic acids is 1.